The van der Waals surface area contributed by atoms with Gasteiger partial charge in [-0.1, -0.05) is 0 Å². The SMILES string of the molecule is Cn1nc2c(c1NC(=O)c1ccc([N+](=O)[O-])o1)CCC2. The predicted molar refractivity (Wildman–Crippen MR) is 68.5 cm³/mol. The highest BCUT2D eigenvalue weighted by Gasteiger charge is 2.24. The van der Waals surface area contributed by atoms with Gasteiger partial charge >= 0.3 is 5.88 Å². The van der Waals surface area contributed by atoms with E-state index in [-0.39, 0.29) is 5.76 Å². The molecule has 1 N–H and O–H groups in total. The molecule has 20 heavy (non-hydrogen) atoms. The molecule has 0 saturated carbocycles. The summed E-state index contributed by atoms with van der Waals surface area (Å²) in [6, 6.07) is 2.44. The number of anilines is 1. The monoisotopic (exact) mass is 276 g/mol. The van der Waals surface area contributed by atoms with Crippen molar-refractivity contribution in [2.24, 2.45) is 7.05 Å². The quantitative estimate of drug-likeness (QED) is 0.678. The van der Waals surface area contributed by atoms with Crippen LogP contribution in [0.2, 0.25) is 0 Å². The summed E-state index contributed by atoms with van der Waals surface area (Å²) < 4.78 is 6.48. The molecule has 2 heterocycles. The van der Waals surface area contributed by atoms with Crippen molar-refractivity contribution in [1.82, 2.24) is 9.78 Å². The smallest absolute Gasteiger partial charge is 0.395 e. The van der Waals surface area contributed by atoms with E-state index in [2.05, 4.69) is 10.4 Å². The molecule has 1 aliphatic carbocycles. The van der Waals surface area contributed by atoms with Crippen molar-refractivity contribution in [2.45, 2.75) is 19.3 Å². The van der Waals surface area contributed by atoms with Crippen LogP contribution >= 0.6 is 0 Å². The number of nitrogens with one attached hydrogen (secondary N) is 1. The number of fused-ring (bicyclic) bond motifs is 1. The maximum absolute atomic E-state index is 12.0. The minimum absolute atomic E-state index is 0.0929. The molecule has 0 unspecified atom stereocenters. The molecular weight excluding hydrogens is 264 g/mol. The number of nitro groups is 1. The van der Waals surface area contributed by atoms with Crippen LogP contribution in [0, 0.1) is 10.1 Å². The van der Waals surface area contributed by atoms with Gasteiger partial charge in [0, 0.05) is 12.6 Å². The molecule has 8 nitrogen and oxygen atoms in total. The van der Waals surface area contributed by atoms with Crippen LogP contribution in [0.4, 0.5) is 11.7 Å². The summed E-state index contributed by atoms with van der Waals surface area (Å²) >= 11 is 0. The lowest BCUT2D eigenvalue weighted by Crippen LogP contribution is -2.15. The summed E-state index contributed by atoms with van der Waals surface area (Å²) in [6.07, 6.45) is 2.80. The molecule has 0 atom stereocenters. The second kappa shape index (κ2) is 4.48. The van der Waals surface area contributed by atoms with E-state index in [1.807, 2.05) is 0 Å². The van der Waals surface area contributed by atoms with Gasteiger partial charge in [0.1, 0.15) is 10.7 Å². The molecule has 8 heteroatoms. The summed E-state index contributed by atoms with van der Waals surface area (Å²) in [7, 11) is 1.75. The van der Waals surface area contributed by atoms with Crippen molar-refractivity contribution in [2.75, 3.05) is 5.32 Å². The van der Waals surface area contributed by atoms with Crippen molar-refractivity contribution in [3.63, 3.8) is 0 Å². The van der Waals surface area contributed by atoms with E-state index >= 15 is 0 Å². The molecule has 0 saturated heterocycles. The molecule has 0 aliphatic heterocycles. The zero-order chi connectivity index (χ0) is 14.3. The Morgan fingerprint density at radius 1 is 1.50 bits per heavy atom. The third-order valence-corrected chi connectivity index (χ3v) is 3.30. The van der Waals surface area contributed by atoms with Gasteiger partial charge in [0.15, 0.2) is 5.76 Å². The van der Waals surface area contributed by atoms with Crippen LogP contribution in [0.1, 0.15) is 28.2 Å². The lowest BCUT2D eigenvalue weighted by molar-refractivity contribution is -0.402. The van der Waals surface area contributed by atoms with E-state index in [1.54, 1.807) is 11.7 Å². The predicted octanol–water partition coefficient (Wildman–Crippen LogP) is 1.66. The second-order valence-electron chi connectivity index (χ2n) is 4.60. The topological polar surface area (TPSA) is 103 Å². The van der Waals surface area contributed by atoms with Gasteiger partial charge in [0.05, 0.1) is 11.8 Å². The number of hydrogen-bond acceptors (Lipinski definition) is 5. The molecule has 0 fully saturated rings. The first-order valence-corrected chi connectivity index (χ1v) is 6.16. The zero-order valence-electron chi connectivity index (χ0n) is 10.8. The summed E-state index contributed by atoms with van der Waals surface area (Å²) in [5, 5.41) is 17.6. The number of aromatic nitrogens is 2. The average Bonchev–Trinajstić information content (AvgIpc) is 3.07. The summed E-state index contributed by atoms with van der Waals surface area (Å²) in [6.45, 7) is 0. The highest BCUT2D eigenvalue weighted by Crippen LogP contribution is 2.28. The van der Waals surface area contributed by atoms with E-state index in [0.717, 1.165) is 36.6 Å². The Bertz CT molecular complexity index is 700. The van der Waals surface area contributed by atoms with Gasteiger partial charge in [-0.2, -0.15) is 5.10 Å². The Hall–Kier alpha value is -2.64. The number of rotatable bonds is 3. The van der Waals surface area contributed by atoms with Crippen molar-refractivity contribution in [3.05, 3.63) is 39.3 Å². The Labute approximate surface area is 113 Å². The Kier molecular flexibility index (Phi) is 2.78. The first-order valence-electron chi connectivity index (χ1n) is 6.16. The Morgan fingerprint density at radius 3 is 3.00 bits per heavy atom. The first kappa shape index (κ1) is 12.4. The van der Waals surface area contributed by atoms with Crippen LogP contribution < -0.4 is 5.32 Å². The molecule has 104 valence electrons. The Balaban J connectivity index is 1.84. The molecule has 0 bridgehead atoms. The minimum atomic E-state index is -0.682. The van der Waals surface area contributed by atoms with E-state index in [4.69, 9.17) is 4.42 Å². The number of furan rings is 1. The molecule has 1 aliphatic rings. The lowest BCUT2D eigenvalue weighted by Gasteiger charge is -2.05. The molecule has 0 radical (unpaired) electrons. The van der Waals surface area contributed by atoms with Crippen molar-refractivity contribution in [3.8, 4) is 0 Å². The maximum atomic E-state index is 12.0. The van der Waals surface area contributed by atoms with Gasteiger partial charge in [-0.05, 0) is 25.3 Å². The minimum Gasteiger partial charge on any atom is -0.395 e. The molecule has 2 aromatic rings. The van der Waals surface area contributed by atoms with Crippen LogP contribution in [0.25, 0.3) is 0 Å². The van der Waals surface area contributed by atoms with Gasteiger partial charge in [-0.3, -0.25) is 19.6 Å². The standard InChI is InChI=1S/C12H12N4O4/c1-15-11(7-3-2-4-8(7)14-15)13-12(17)9-5-6-10(20-9)16(18)19/h5-6H,2-4H2,1H3,(H,13,17). The van der Waals surface area contributed by atoms with E-state index < -0.39 is 16.7 Å². The summed E-state index contributed by atoms with van der Waals surface area (Å²) in [5.74, 6) is -0.438. The zero-order valence-corrected chi connectivity index (χ0v) is 10.8. The number of carbonyl (C=O) groups excluding carboxylic acids is 1. The number of carbonyl (C=O) groups is 1. The molecular formula is C12H12N4O4. The highest BCUT2D eigenvalue weighted by atomic mass is 16.6. The van der Waals surface area contributed by atoms with Crippen LogP contribution in [-0.4, -0.2) is 20.6 Å². The van der Waals surface area contributed by atoms with Gasteiger partial charge in [0.2, 0.25) is 0 Å². The van der Waals surface area contributed by atoms with E-state index in [9.17, 15) is 14.9 Å². The first-order chi connectivity index (χ1) is 9.56. The average molecular weight is 276 g/mol. The summed E-state index contributed by atoms with van der Waals surface area (Å²) in [4.78, 5) is 21.9. The molecule has 0 aromatic carbocycles. The van der Waals surface area contributed by atoms with Crippen LogP contribution in [-0.2, 0) is 19.9 Å². The third-order valence-electron chi connectivity index (χ3n) is 3.30. The van der Waals surface area contributed by atoms with Crippen molar-refractivity contribution < 1.29 is 14.1 Å². The number of nitrogens with zero attached hydrogens (tertiary/aromatic N) is 3. The molecule has 1 amide bonds. The van der Waals surface area contributed by atoms with E-state index in [1.165, 1.54) is 6.07 Å². The van der Waals surface area contributed by atoms with E-state index in [0.29, 0.717) is 5.82 Å². The highest BCUT2D eigenvalue weighted by molar-refractivity contribution is 6.02. The fraction of sp³-hybridized carbons (Fsp3) is 0.333. The van der Waals surface area contributed by atoms with Gasteiger partial charge in [-0.15, -0.1) is 0 Å². The van der Waals surface area contributed by atoms with Gasteiger partial charge in [0.25, 0.3) is 5.91 Å². The number of aryl methyl sites for hydroxylation is 2. The largest absolute Gasteiger partial charge is 0.433 e. The van der Waals surface area contributed by atoms with Crippen LogP contribution in [0.5, 0.6) is 0 Å². The van der Waals surface area contributed by atoms with Crippen molar-refractivity contribution in [1.29, 1.82) is 0 Å². The fourth-order valence-electron chi connectivity index (χ4n) is 2.39. The number of hydrogen-bond donors (Lipinski definition) is 1. The third kappa shape index (κ3) is 1.94. The maximum Gasteiger partial charge on any atom is 0.433 e. The second-order valence-corrected chi connectivity index (χ2v) is 4.60. The summed E-state index contributed by atoms with van der Waals surface area (Å²) in [5.41, 5.74) is 2.02. The molecule has 0 spiro atoms. The lowest BCUT2D eigenvalue weighted by atomic mass is 10.2. The Morgan fingerprint density at radius 2 is 2.30 bits per heavy atom. The van der Waals surface area contributed by atoms with Crippen LogP contribution in [0.3, 0.4) is 0 Å². The van der Waals surface area contributed by atoms with Gasteiger partial charge in [-0.25, -0.2) is 0 Å². The molecule has 3 rings (SSSR count). The fourth-order valence-corrected chi connectivity index (χ4v) is 2.39. The molecule has 2 aromatic heterocycles. The van der Waals surface area contributed by atoms with Gasteiger partial charge < -0.3 is 9.73 Å². The number of amides is 1. The normalized spacial score (nSPS) is 13.2. The van der Waals surface area contributed by atoms with Crippen molar-refractivity contribution >= 4 is 17.6 Å². The van der Waals surface area contributed by atoms with Crippen LogP contribution in [0.15, 0.2) is 16.5 Å².